The number of furan rings is 1. The molecule has 23 heavy (non-hydrogen) atoms. The molecule has 0 aliphatic heterocycles. The highest BCUT2D eigenvalue weighted by molar-refractivity contribution is 5.95. The van der Waals surface area contributed by atoms with Crippen LogP contribution in [0.15, 0.2) is 22.8 Å². The molecule has 0 bridgehead atoms. The third kappa shape index (κ3) is 5.09. The molecule has 2 aromatic rings. The SMILES string of the molecule is CCCCc1nc(C)cc(NCCNC(=O)c2ccoc2C)n1. The Bertz CT molecular complexity index is 652. The summed E-state index contributed by atoms with van der Waals surface area (Å²) in [6.07, 6.45) is 4.62. The molecule has 124 valence electrons. The second-order valence-electron chi connectivity index (χ2n) is 5.49. The number of carbonyl (C=O) groups is 1. The lowest BCUT2D eigenvalue weighted by atomic mass is 10.2. The van der Waals surface area contributed by atoms with Crippen LogP contribution in [0.5, 0.6) is 0 Å². The van der Waals surface area contributed by atoms with Gasteiger partial charge in [-0.15, -0.1) is 0 Å². The fraction of sp³-hybridized carbons (Fsp3) is 0.471. The van der Waals surface area contributed by atoms with E-state index in [4.69, 9.17) is 4.42 Å². The summed E-state index contributed by atoms with van der Waals surface area (Å²) in [6, 6.07) is 3.59. The number of aryl methyl sites for hydroxylation is 3. The Hall–Kier alpha value is -2.37. The third-order valence-electron chi connectivity index (χ3n) is 3.47. The lowest BCUT2D eigenvalue weighted by Gasteiger charge is -2.09. The van der Waals surface area contributed by atoms with Crippen molar-refractivity contribution in [3.05, 3.63) is 41.2 Å². The zero-order chi connectivity index (χ0) is 16.7. The standard InChI is InChI=1S/C17H24N4O2/c1-4-5-6-15-20-12(2)11-16(21-15)18-8-9-19-17(22)14-7-10-23-13(14)3/h7,10-11H,4-6,8-9H2,1-3H3,(H,19,22)(H,18,20,21). The average molecular weight is 316 g/mol. The summed E-state index contributed by atoms with van der Waals surface area (Å²) < 4.78 is 5.13. The third-order valence-corrected chi connectivity index (χ3v) is 3.47. The number of nitrogens with one attached hydrogen (secondary N) is 2. The molecule has 6 nitrogen and oxygen atoms in total. The van der Waals surface area contributed by atoms with E-state index in [1.807, 2.05) is 13.0 Å². The van der Waals surface area contributed by atoms with Gasteiger partial charge in [0.2, 0.25) is 0 Å². The number of amides is 1. The van der Waals surface area contributed by atoms with Crippen molar-refractivity contribution in [1.82, 2.24) is 15.3 Å². The maximum absolute atomic E-state index is 11.9. The molecule has 2 rings (SSSR count). The van der Waals surface area contributed by atoms with Crippen LogP contribution < -0.4 is 10.6 Å². The van der Waals surface area contributed by atoms with Crippen molar-refractivity contribution < 1.29 is 9.21 Å². The first-order chi connectivity index (χ1) is 11.1. The summed E-state index contributed by atoms with van der Waals surface area (Å²) >= 11 is 0. The van der Waals surface area contributed by atoms with Gasteiger partial charge in [-0.3, -0.25) is 4.79 Å². The van der Waals surface area contributed by atoms with E-state index in [1.165, 1.54) is 6.26 Å². The minimum atomic E-state index is -0.124. The molecular formula is C17H24N4O2. The van der Waals surface area contributed by atoms with Crippen molar-refractivity contribution in [3.63, 3.8) is 0 Å². The van der Waals surface area contributed by atoms with Gasteiger partial charge in [0.15, 0.2) is 0 Å². The monoisotopic (exact) mass is 316 g/mol. The molecule has 2 aromatic heterocycles. The minimum Gasteiger partial charge on any atom is -0.469 e. The summed E-state index contributed by atoms with van der Waals surface area (Å²) in [5.74, 6) is 2.17. The summed E-state index contributed by atoms with van der Waals surface area (Å²) in [7, 11) is 0. The van der Waals surface area contributed by atoms with Gasteiger partial charge in [0, 0.05) is 31.3 Å². The van der Waals surface area contributed by atoms with E-state index in [2.05, 4.69) is 27.5 Å². The van der Waals surface area contributed by atoms with Gasteiger partial charge >= 0.3 is 0 Å². The summed E-state index contributed by atoms with van der Waals surface area (Å²) in [6.45, 7) is 7.00. The zero-order valence-electron chi connectivity index (χ0n) is 14.0. The van der Waals surface area contributed by atoms with Gasteiger partial charge in [-0.25, -0.2) is 9.97 Å². The number of anilines is 1. The van der Waals surface area contributed by atoms with E-state index in [9.17, 15) is 4.79 Å². The lowest BCUT2D eigenvalue weighted by molar-refractivity contribution is 0.0953. The van der Waals surface area contributed by atoms with Gasteiger partial charge in [-0.1, -0.05) is 13.3 Å². The molecule has 2 N–H and O–H groups in total. The van der Waals surface area contributed by atoms with E-state index in [1.54, 1.807) is 13.0 Å². The molecule has 0 fully saturated rings. The molecule has 0 aliphatic rings. The molecule has 1 amide bonds. The number of unbranched alkanes of at least 4 members (excludes halogenated alkanes) is 1. The van der Waals surface area contributed by atoms with Crippen LogP contribution in [0, 0.1) is 13.8 Å². The van der Waals surface area contributed by atoms with Crippen molar-refractivity contribution in [2.75, 3.05) is 18.4 Å². The Labute approximate surface area is 136 Å². The first-order valence-corrected chi connectivity index (χ1v) is 8.01. The second-order valence-corrected chi connectivity index (χ2v) is 5.49. The molecule has 0 atom stereocenters. The minimum absolute atomic E-state index is 0.124. The van der Waals surface area contributed by atoms with Gasteiger partial charge in [-0.05, 0) is 26.3 Å². The van der Waals surface area contributed by atoms with E-state index in [-0.39, 0.29) is 5.91 Å². The predicted octanol–water partition coefficient (Wildman–Crippen LogP) is 2.87. The molecule has 0 radical (unpaired) electrons. The highest BCUT2D eigenvalue weighted by Gasteiger charge is 2.10. The molecule has 0 saturated carbocycles. The Morgan fingerprint density at radius 3 is 2.78 bits per heavy atom. The van der Waals surface area contributed by atoms with Crippen molar-refractivity contribution in [2.24, 2.45) is 0 Å². The van der Waals surface area contributed by atoms with Crippen LogP contribution in [-0.2, 0) is 6.42 Å². The normalized spacial score (nSPS) is 10.6. The molecule has 6 heteroatoms. The Morgan fingerprint density at radius 1 is 1.26 bits per heavy atom. The van der Waals surface area contributed by atoms with Gasteiger partial charge in [-0.2, -0.15) is 0 Å². The van der Waals surface area contributed by atoms with E-state index < -0.39 is 0 Å². The molecular weight excluding hydrogens is 292 g/mol. The zero-order valence-corrected chi connectivity index (χ0v) is 14.0. The van der Waals surface area contributed by atoms with Crippen molar-refractivity contribution in [2.45, 2.75) is 40.0 Å². The van der Waals surface area contributed by atoms with Crippen molar-refractivity contribution >= 4 is 11.7 Å². The average Bonchev–Trinajstić information content (AvgIpc) is 2.95. The maximum Gasteiger partial charge on any atom is 0.254 e. The van der Waals surface area contributed by atoms with E-state index in [0.29, 0.717) is 24.4 Å². The number of hydrogen-bond acceptors (Lipinski definition) is 5. The Kier molecular flexibility index (Phi) is 6.14. The smallest absolute Gasteiger partial charge is 0.254 e. The first kappa shape index (κ1) is 17.0. The molecule has 2 heterocycles. The van der Waals surface area contributed by atoms with Gasteiger partial charge in [0.25, 0.3) is 5.91 Å². The van der Waals surface area contributed by atoms with Crippen LogP contribution in [0.25, 0.3) is 0 Å². The number of rotatable bonds is 8. The second kappa shape index (κ2) is 8.31. The Morgan fingerprint density at radius 2 is 2.09 bits per heavy atom. The van der Waals surface area contributed by atoms with Gasteiger partial charge in [0.1, 0.15) is 17.4 Å². The number of nitrogens with zero attached hydrogens (tertiary/aromatic N) is 2. The van der Waals surface area contributed by atoms with Crippen LogP contribution in [0.3, 0.4) is 0 Å². The summed E-state index contributed by atoms with van der Waals surface area (Å²) in [5.41, 5.74) is 1.52. The largest absolute Gasteiger partial charge is 0.469 e. The fourth-order valence-electron chi connectivity index (χ4n) is 2.25. The van der Waals surface area contributed by atoms with Crippen LogP contribution in [0.1, 0.15) is 47.4 Å². The summed E-state index contributed by atoms with van der Waals surface area (Å²) in [5, 5.41) is 6.08. The molecule has 0 spiro atoms. The molecule has 0 aromatic carbocycles. The van der Waals surface area contributed by atoms with Crippen LogP contribution >= 0.6 is 0 Å². The number of carbonyl (C=O) groups excluding carboxylic acids is 1. The topological polar surface area (TPSA) is 80.0 Å². The van der Waals surface area contributed by atoms with Gasteiger partial charge < -0.3 is 15.1 Å². The maximum atomic E-state index is 11.9. The highest BCUT2D eigenvalue weighted by atomic mass is 16.3. The van der Waals surface area contributed by atoms with Crippen LogP contribution in [0.4, 0.5) is 5.82 Å². The van der Waals surface area contributed by atoms with Gasteiger partial charge in [0.05, 0.1) is 11.8 Å². The van der Waals surface area contributed by atoms with Crippen molar-refractivity contribution in [3.8, 4) is 0 Å². The quantitative estimate of drug-likeness (QED) is 0.732. The highest BCUT2D eigenvalue weighted by Crippen LogP contribution is 2.09. The lowest BCUT2D eigenvalue weighted by Crippen LogP contribution is -2.29. The predicted molar refractivity (Wildman–Crippen MR) is 89.6 cm³/mol. The number of aromatic nitrogens is 2. The molecule has 0 aliphatic carbocycles. The fourth-order valence-corrected chi connectivity index (χ4v) is 2.25. The Balaban J connectivity index is 1.81. The van der Waals surface area contributed by atoms with Crippen molar-refractivity contribution in [1.29, 1.82) is 0 Å². The number of hydrogen-bond donors (Lipinski definition) is 2. The van der Waals surface area contributed by atoms with Crippen LogP contribution in [0.2, 0.25) is 0 Å². The van der Waals surface area contributed by atoms with Crippen LogP contribution in [-0.4, -0.2) is 29.0 Å². The van der Waals surface area contributed by atoms with E-state index in [0.717, 1.165) is 36.6 Å². The van der Waals surface area contributed by atoms with E-state index >= 15 is 0 Å². The first-order valence-electron chi connectivity index (χ1n) is 8.01. The molecule has 0 unspecified atom stereocenters. The summed E-state index contributed by atoms with van der Waals surface area (Å²) in [4.78, 5) is 20.9. The molecule has 0 saturated heterocycles.